The molecular weight excluding hydrogens is 408 g/mol. The zero-order chi connectivity index (χ0) is 22.7. The lowest BCUT2D eigenvalue weighted by Crippen LogP contribution is -2.20. The van der Waals surface area contributed by atoms with E-state index < -0.39 is 18.1 Å². The third-order valence-electron chi connectivity index (χ3n) is 5.20. The van der Waals surface area contributed by atoms with Crippen molar-refractivity contribution >= 4 is 40.8 Å². The number of hydrogen-bond acceptors (Lipinski definition) is 7. The number of methoxy groups -OCH3 is 1. The number of aliphatic hydroxyl groups is 1. The van der Waals surface area contributed by atoms with E-state index in [1.54, 1.807) is 72.9 Å². The first kappa shape index (κ1) is 21.1. The molecule has 0 spiro atoms. The Kier molecular flexibility index (Phi) is 5.87. The summed E-state index contributed by atoms with van der Waals surface area (Å²) in [5.74, 6) is -1.17. The number of nitrogens with two attached hydrogens (primary N) is 1. The van der Waals surface area contributed by atoms with Crippen molar-refractivity contribution in [2.45, 2.75) is 12.1 Å². The fraction of sp³-hybridized carbons (Fsp3) is 0.125. The highest BCUT2D eigenvalue weighted by atomic mass is 16.5. The van der Waals surface area contributed by atoms with Crippen LogP contribution in [0.15, 0.2) is 71.7 Å². The van der Waals surface area contributed by atoms with Crippen molar-refractivity contribution in [3.63, 3.8) is 0 Å². The molecule has 2 unspecified atom stereocenters. The summed E-state index contributed by atoms with van der Waals surface area (Å²) < 4.78 is 4.77. The number of aliphatic hydroxyl groups excluding tert-OH is 1. The zero-order valence-electron chi connectivity index (χ0n) is 17.3. The molecule has 1 aliphatic heterocycles. The fourth-order valence-electron chi connectivity index (χ4n) is 3.47. The van der Waals surface area contributed by atoms with Crippen LogP contribution in [0.3, 0.4) is 0 Å². The maximum Gasteiger partial charge on any atom is 0.337 e. The van der Waals surface area contributed by atoms with Gasteiger partial charge in [-0.3, -0.25) is 9.79 Å². The number of carbonyl (C=O) groups is 2. The minimum Gasteiger partial charge on any atom is -0.465 e. The highest BCUT2D eigenvalue weighted by Crippen LogP contribution is 2.35. The first-order chi connectivity index (χ1) is 15.5. The van der Waals surface area contributed by atoms with Crippen molar-refractivity contribution in [1.29, 1.82) is 0 Å². The van der Waals surface area contributed by atoms with Gasteiger partial charge in [0.15, 0.2) is 0 Å². The Balaban J connectivity index is 1.48. The predicted octanol–water partition coefficient (Wildman–Crippen LogP) is 3.54. The normalized spacial score (nSPS) is 16.9. The third-order valence-corrected chi connectivity index (χ3v) is 5.20. The number of nitrogens with one attached hydrogen (secondary N) is 2. The van der Waals surface area contributed by atoms with Crippen LogP contribution in [-0.2, 0) is 4.74 Å². The summed E-state index contributed by atoms with van der Waals surface area (Å²) in [6, 6.07) is 18.8. The molecule has 0 fully saturated rings. The van der Waals surface area contributed by atoms with Crippen molar-refractivity contribution in [2.75, 3.05) is 23.5 Å². The molecule has 4 rings (SSSR count). The van der Waals surface area contributed by atoms with Crippen LogP contribution in [0.2, 0.25) is 0 Å². The number of ether oxygens (including phenoxy) is 1. The van der Waals surface area contributed by atoms with Crippen LogP contribution in [0.1, 0.15) is 32.2 Å². The summed E-state index contributed by atoms with van der Waals surface area (Å²) in [4.78, 5) is 28.7. The maximum atomic E-state index is 12.5. The van der Waals surface area contributed by atoms with Crippen LogP contribution < -0.4 is 16.4 Å². The van der Waals surface area contributed by atoms with E-state index in [2.05, 4.69) is 15.6 Å². The van der Waals surface area contributed by atoms with Gasteiger partial charge in [-0.1, -0.05) is 12.1 Å². The SMILES string of the molecule is COC(=O)c1ccc2c(c1)C(C=Nc1ccc(C(=O)Nc3ccccc3N)cc1)C(O)N2. The Bertz CT molecular complexity index is 1190. The Labute approximate surface area is 184 Å². The summed E-state index contributed by atoms with van der Waals surface area (Å²) in [5, 5.41) is 16.1. The highest BCUT2D eigenvalue weighted by molar-refractivity contribution is 6.05. The molecule has 3 aromatic rings. The first-order valence-electron chi connectivity index (χ1n) is 9.93. The molecule has 1 heterocycles. The minimum absolute atomic E-state index is 0.280. The molecule has 1 amide bonds. The minimum atomic E-state index is -0.872. The molecule has 0 aliphatic carbocycles. The third kappa shape index (κ3) is 4.30. The van der Waals surface area contributed by atoms with Gasteiger partial charge >= 0.3 is 5.97 Å². The van der Waals surface area contributed by atoms with Crippen LogP contribution in [0.5, 0.6) is 0 Å². The van der Waals surface area contributed by atoms with Gasteiger partial charge in [-0.2, -0.15) is 0 Å². The molecule has 8 heteroatoms. The molecule has 0 saturated carbocycles. The van der Waals surface area contributed by atoms with Crippen LogP contribution >= 0.6 is 0 Å². The summed E-state index contributed by atoms with van der Waals surface area (Å²) in [5.41, 5.74) is 9.86. The number of anilines is 3. The lowest BCUT2D eigenvalue weighted by molar-refractivity contribution is 0.0600. The van der Waals surface area contributed by atoms with E-state index in [9.17, 15) is 14.7 Å². The molecule has 0 aromatic heterocycles. The van der Waals surface area contributed by atoms with Gasteiger partial charge in [-0.15, -0.1) is 0 Å². The van der Waals surface area contributed by atoms with E-state index in [0.29, 0.717) is 28.2 Å². The van der Waals surface area contributed by atoms with E-state index in [4.69, 9.17) is 10.5 Å². The topological polar surface area (TPSA) is 126 Å². The summed E-state index contributed by atoms with van der Waals surface area (Å²) >= 11 is 0. The van der Waals surface area contributed by atoms with Crippen LogP contribution in [-0.4, -0.2) is 36.5 Å². The van der Waals surface area contributed by atoms with Crippen LogP contribution in [0.25, 0.3) is 0 Å². The molecule has 0 saturated heterocycles. The fourth-order valence-corrected chi connectivity index (χ4v) is 3.47. The standard InChI is InChI=1S/C24H22N4O4/c1-32-24(31)15-8-11-20-17(12-15)18(23(30)27-20)13-26-16-9-6-14(7-10-16)22(29)28-21-5-3-2-4-19(21)25/h2-13,18,23,27,30H,25H2,1H3,(H,28,29). The molecule has 2 atom stereocenters. The van der Waals surface area contributed by atoms with E-state index in [0.717, 1.165) is 11.3 Å². The monoisotopic (exact) mass is 430 g/mol. The van der Waals surface area contributed by atoms with Crippen LogP contribution in [0, 0.1) is 0 Å². The number of esters is 1. The van der Waals surface area contributed by atoms with Gasteiger partial charge in [0.2, 0.25) is 0 Å². The molecule has 0 bridgehead atoms. The first-order valence-corrected chi connectivity index (χ1v) is 9.93. The van der Waals surface area contributed by atoms with E-state index >= 15 is 0 Å². The number of para-hydroxylation sites is 2. The second kappa shape index (κ2) is 8.91. The molecule has 8 nitrogen and oxygen atoms in total. The van der Waals surface area contributed by atoms with Gasteiger partial charge in [-0.25, -0.2) is 4.79 Å². The summed E-state index contributed by atoms with van der Waals surface area (Å²) in [6.45, 7) is 0. The molecule has 5 N–H and O–H groups in total. The number of nitrogen functional groups attached to an aromatic ring is 1. The Morgan fingerprint density at radius 1 is 1.09 bits per heavy atom. The van der Waals surface area contributed by atoms with Gasteiger partial charge in [0.05, 0.1) is 35.7 Å². The molecule has 162 valence electrons. The van der Waals surface area contributed by atoms with E-state index in [-0.39, 0.29) is 5.91 Å². The average Bonchev–Trinajstić information content (AvgIpc) is 3.13. The van der Waals surface area contributed by atoms with Crippen molar-refractivity contribution in [3.8, 4) is 0 Å². The predicted molar refractivity (Wildman–Crippen MR) is 124 cm³/mol. The maximum absolute atomic E-state index is 12.5. The molecule has 3 aromatic carbocycles. The van der Waals surface area contributed by atoms with E-state index in [1.807, 2.05) is 0 Å². The lowest BCUT2D eigenvalue weighted by atomic mass is 9.99. The largest absolute Gasteiger partial charge is 0.465 e. The van der Waals surface area contributed by atoms with E-state index in [1.165, 1.54) is 7.11 Å². The number of carbonyl (C=O) groups excluding carboxylic acids is 2. The van der Waals surface area contributed by atoms with Crippen molar-refractivity contribution < 1.29 is 19.4 Å². The van der Waals surface area contributed by atoms with Gasteiger partial charge in [-0.05, 0) is 60.2 Å². The quantitative estimate of drug-likeness (QED) is 0.279. The highest BCUT2D eigenvalue weighted by Gasteiger charge is 2.30. The Hall–Kier alpha value is -4.17. The zero-order valence-corrected chi connectivity index (χ0v) is 17.3. The average molecular weight is 430 g/mol. The molecule has 0 radical (unpaired) electrons. The Morgan fingerprint density at radius 3 is 2.53 bits per heavy atom. The lowest BCUT2D eigenvalue weighted by Gasteiger charge is -2.10. The van der Waals surface area contributed by atoms with Gasteiger partial charge in [0, 0.05) is 17.5 Å². The van der Waals surface area contributed by atoms with Crippen molar-refractivity contribution in [1.82, 2.24) is 0 Å². The summed E-state index contributed by atoms with van der Waals surface area (Å²) in [7, 11) is 1.32. The number of hydrogen-bond donors (Lipinski definition) is 4. The summed E-state index contributed by atoms with van der Waals surface area (Å²) in [6.07, 6.45) is 0.743. The second-order valence-corrected chi connectivity index (χ2v) is 7.27. The number of nitrogens with zero attached hydrogens (tertiary/aromatic N) is 1. The molecule has 32 heavy (non-hydrogen) atoms. The van der Waals surface area contributed by atoms with Crippen LogP contribution in [0.4, 0.5) is 22.7 Å². The number of aliphatic imine (C=N–C) groups is 1. The number of fused-ring (bicyclic) bond motifs is 1. The number of benzene rings is 3. The second-order valence-electron chi connectivity index (χ2n) is 7.27. The molecular formula is C24H22N4O4. The number of amides is 1. The van der Waals surface area contributed by atoms with Crippen molar-refractivity contribution in [3.05, 3.63) is 83.4 Å². The smallest absolute Gasteiger partial charge is 0.337 e. The number of rotatable bonds is 5. The van der Waals surface area contributed by atoms with Crippen molar-refractivity contribution in [2.24, 2.45) is 4.99 Å². The Morgan fingerprint density at radius 2 is 1.81 bits per heavy atom. The molecule has 1 aliphatic rings. The van der Waals surface area contributed by atoms with Gasteiger partial charge < -0.3 is 26.2 Å². The van der Waals surface area contributed by atoms with Gasteiger partial charge in [0.1, 0.15) is 6.23 Å². The van der Waals surface area contributed by atoms with Gasteiger partial charge in [0.25, 0.3) is 5.91 Å².